The second kappa shape index (κ2) is 6.61. The van der Waals surface area contributed by atoms with Crippen LogP contribution in [0, 0.1) is 6.92 Å². The number of carbonyl (C=O) groups excluding carboxylic acids is 2. The number of benzene rings is 3. The van der Waals surface area contributed by atoms with Crippen LogP contribution in [-0.4, -0.2) is 20.2 Å². The standard InChI is InChI=1S/C21H15NO5S/c1-14-11-12-15(22-20(23)17-9-5-6-10-18(17)21(22)24)13-19(14)28(25,26)27-16-7-3-2-4-8-16/h2-13H,1H3. The molecule has 4 rings (SSSR count). The number of imide groups is 1. The van der Waals surface area contributed by atoms with E-state index in [0.29, 0.717) is 5.56 Å². The van der Waals surface area contributed by atoms with Crippen LogP contribution < -0.4 is 9.08 Å². The molecule has 0 bridgehead atoms. The molecule has 1 aliphatic rings. The van der Waals surface area contributed by atoms with Crippen LogP contribution in [0.3, 0.4) is 0 Å². The van der Waals surface area contributed by atoms with Crippen molar-refractivity contribution in [2.45, 2.75) is 11.8 Å². The lowest BCUT2D eigenvalue weighted by Crippen LogP contribution is -2.29. The van der Waals surface area contributed by atoms with Gasteiger partial charge in [-0.2, -0.15) is 8.42 Å². The van der Waals surface area contributed by atoms with E-state index in [2.05, 4.69) is 0 Å². The lowest BCUT2D eigenvalue weighted by molar-refractivity contribution is 0.0926. The summed E-state index contributed by atoms with van der Waals surface area (Å²) in [5, 5.41) is 0. The van der Waals surface area contributed by atoms with Crippen molar-refractivity contribution >= 4 is 27.6 Å². The molecule has 0 aromatic heterocycles. The molecule has 1 aliphatic heterocycles. The molecular weight excluding hydrogens is 378 g/mol. The van der Waals surface area contributed by atoms with E-state index in [1.165, 1.54) is 18.2 Å². The Labute approximate surface area is 162 Å². The first-order chi connectivity index (χ1) is 13.4. The normalized spacial score (nSPS) is 13.5. The summed E-state index contributed by atoms with van der Waals surface area (Å²) in [5.74, 6) is -0.804. The summed E-state index contributed by atoms with van der Waals surface area (Å²) in [7, 11) is -4.15. The Bertz CT molecular complexity index is 1170. The highest BCUT2D eigenvalue weighted by molar-refractivity contribution is 7.87. The molecule has 0 saturated heterocycles. The van der Waals surface area contributed by atoms with Gasteiger partial charge in [0.05, 0.1) is 16.8 Å². The minimum absolute atomic E-state index is 0.106. The van der Waals surface area contributed by atoms with E-state index >= 15 is 0 Å². The van der Waals surface area contributed by atoms with Gasteiger partial charge in [-0.05, 0) is 48.9 Å². The Morgan fingerprint density at radius 3 is 1.96 bits per heavy atom. The zero-order valence-corrected chi connectivity index (χ0v) is 15.6. The van der Waals surface area contributed by atoms with Gasteiger partial charge in [0, 0.05) is 0 Å². The monoisotopic (exact) mass is 393 g/mol. The molecule has 140 valence electrons. The number of rotatable bonds is 4. The molecule has 6 nitrogen and oxygen atoms in total. The Morgan fingerprint density at radius 1 is 0.786 bits per heavy atom. The van der Waals surface area contributed by atoms with Crippen LogP contribution in [0.4, 0.5) is 5.69 Å². The minimum atomic E-state index is -4.15. The predicted molar refractivity (Wildman–Crippen MR) is 103 cm³/mol. The van der Waals surface area contributed by atoms with E-state index in [1.807, 2.05) is 0 Å². The number of hydrogen-bond donors (Lipinski definition) is 0. The lowest BCUT2D eigenvalue weighted by Gasteiger charge is -2.16. The molecule has 1 heterocycles. The maximum Gasteiger partial charge on any atom is 0.339 e. The van der Waals surface area contributed by atoms with Crippen molar-refractivity contribution in [2.75, 3.05) is 4.90 Å². The molecule has 0 N–H and O–H groups in total. The van der Waals surface area contributed by atoms with Crippen LogP contribution in [0.15, 0.2) is 77.7 Å². The Hall–Kier alpha value is -3.45. The molecule has 0 atom stereocenters. The van der Waals surface area contributed by atoms with Crippen molar-refractivity contribution in [2.24, 2.45) is 0 Å². The smallest absolute Gasteiger partial charge is 0.339 e. The predicted octanol–water partition coefficient (Wildman–Crippen LogP) is 3.56. The molecule has 0 radical (unpaired) electrons. The topological polar surface area (TPSA) is 80.8 Å². The SMILES string of the molecule is Cc1ccc(N2C(=O)c3ccccc3C2=O)cc1S(=O)(=O)Oc1ccccc1. The van der Waals surface area contributed by atoms with Gasteiger partial charge < -0.3 is 4.18 Å². The van der Waals surface area contributed by atoms with Crippen molar-refractivity contribution in [3.63, 3.8) is 0 Å². The van der Waals surface area contributed by atoms with E-state index in [-0.39, 0.29) is 27.5 Å². The number of aryl methyl sites for hydroxylation is 1. The first-order valence-corrected chi connectivity index (χ1v) is 9.87. The Kier molecular flexibility index (Phi) is 4.24. The Balaban J connectivity index is 1.75. The summed E-state index contributed by atoms with van der Waals surface area (Å²) in [6.45, 7) is 1.62. The van der Waals surface area contributed by atoms with Gasteiger partial charge in [-0.25, -0.2) is 4.90 Å². The second-order valence-electron chi connectivity index (χ2n) is 6.29. The summed E-state index contributed by atoms with van der Waals surface area (Å²) in [6, 6.07) is 19.0. The van der Waals surface area contributed by atoms with Crippen LogP contribution in [0.2, 0.25) is 0 Å². The maximum absolute atomic E-state index is 12.8. The van der Waals surface area contributed by atoms with Gasteiger partial charge in [-0.15, -0.1) is 0 Å². The van der Waals surface area contributed by atoms with E-state index < -0.39 is 21.9 Å². The van der Waals surface area contributed by atoms with Gasteiger partial charge in [-0.3, -0.25) is 9.59 Å². The fourth-order valence-electron chi connectivity index (χ4n) is 3.07. The van der Waals surface area contributed by atoms with E-state index in [0.717, 1.165) is 4.90 Å². The zero-order valence-electron chi connectivity index (χ0n) is 14.8. The van der Waals surface area contributed by atoms with Gasteiger partial charge in [0.25, 0.3) is 11.8 Å². The minimum Gasteiger partial charge on any atom is -0.379 e. The quantitative estimate of drug-likeness (QED) is 0.500. The molecular formula is C21H15NO5S. The maximum atomic E-state index is 12.8. The summed E-state index contributed by atoms with van der Waals surface area (Å²) in [6.07, 6.45) is 0. The number of para-hydroxylation sites is 1. The first-order valence-electron chi connectivity index (χ1n) is 8.46. The van der Waals surface area contributed by atoms with E-state index in [1.54, 1.807) is 61.5 Å². The molecule has 0 saturated carbocycles. The number of fused-ring (bicyclic) bond motifs is 1. The van der Waals surface area contributed by atoms with Gasteiger partial charge in [-0.1, -0.05) is 36.4 Å². The highest BCUT2D eigenvalue weighted by Crippen LogP contribution is 2.31. The molecule has 0 spiro atoms. The lowest BCUT2D eigenvalue weighted by atomic mass is 10.1. The molecule has 3 aromatic carbocycles. The van der Waals surface area contributed by atoms with Crippen molar-refractivity contribution in [3.8, 4) is 5.75 Å². The Morgan fingerprint density at radius 2 is 1.36 bits per heavy atom. The number of amides is 2. The highest BCUT2D eigenvalue weighted by Gasteiger charge is 2.37. The van der Waals surface area contributed by atoms with E-state index in [9.17, 15) is 18.0 Å². The van der Waals surface area contributed by atoms with Crippen molar-refractivity contribution < 1.29 is 22.2 Å². The number of hydrogen-bond acceptors (Lipinski definition) is 5. The van der Waals surface area contributed by atoms with Crippen molar-refractivity contribution in [1.29, 1.82) is 0 Å². The first kappa shape index (κ1) is 17.9. The average molecular weight is 393 g/mol. The van der Waals surface area contributed by atoms with Crippen molar-refractivity contribution in [3.05, 3.63) is 89.5 Å². The number of carbonyl (C=O) groups is 2. The van der Waals surface area contributed by atoms with Gasteiger partial charge in [0.15, 0.2) is 0 Å². The molecule has 0 fully saturated rings. The largest absolute Gasteiger partial charge is 0.379 e. The fraction of sp³-hybridized carbons (Fsp3) is 0.0476. The van der Waals surface area contributed by atoms with Crippen LogP contribution >= 0.6 is 0 Å². The molecule has 0 aliphatic carbocycles. The third-order valence-corrected chi connectivity index (χ3v) is 5.83. The van der Waals surface area contributed by atoms with Crippen LogP contribution in [0.25, 0.3) is 0 Å². The van der Waals surface area contributed by atoms with Crippen molar-refractivity contribution in [1.82, 2.24) is 0 Å². The molecule has 0 unspecified atom stereocenters. The average Bonchev–Trinajstić information content (AvgIpc) is 2.94. The molecule has 7 heteroatoms. The molecule has 2 amide bonds. The summed E-state index contributed by atoms with van der Waals surface area (Å²) in [4.78, 5) is 26.2. The highest BCUT2D eigenvalue weighted by atomic mass is 32.2. The van der Waals surface area contributed by atoms with Gasteiger partial charge in [0.1, 0.15) is 10.6 Å². The summed E-state index contributed by atoms with van der Waals surface area (Å²) in [5.41, 5.74) is 1.19. The second-order valence-corrected chi connectivity index (χ2v) is 7.81. The van der Waals surface area contributed by atoms with Crippen LogP contribution in [0.5, 0.6) is 5.75 Å². The van der Waals surface area contributed by atoms with Crippen LogP contribution in [0.1, 0.15) is 26.3 Å². The third-order valence-electron chi connectivity index (χ3n) is 4.44. The van der Waals surface area contributed by atoms with Gasteiger partial charge >= 0.3 is 10.1 Å². The number of nitrogens with zero attached hydrogens (tertiary/aromatic N) is 1. The summed E-state index contributed by atoms with van der Waals surface area (Å²) >= 11 is 0. The van der Waals surface area contributed by atoms with Crippen LogP contribution in [-0.2, 0) is 10.1 Å². The summed E-state index contributed by atoms with van der Waals surface area (Å²) < 4.78 is 30.7. The third kappa shape index (κ3) is 2.95. The fourth-order valence-corrected chi connectivity index (χ4v) is 4.25. The molecule has 3 aromatic rings. The number of anilines is 1. The molecule has 28 heavy (non-hydrogen) atoms. The van der Waals surface area contributed by atoms with Gasteiger partial charge in [0.2, 0.25) is 0 Å². The van der Waals surface area contributed by atoms with E-state index in [4.69, 9.17) is 4.18 Å². The zero-order chi connectivity index (χ0) is 19.9.